The lowest BCUT2D eigenvalue weighted by molar-refractivity contribution is -0.122. The van der Waals surface area contributed by atoms with E-state index in [-0.39, 0.29) is 24.0 Å². The second-order valence-corrected chi connectivity index (χ2v) is 17.6. The Hall–Kier alpha value is -1.10. The highest BCUT2D eigenvalue weighted by Gasteiger charge is 2.11. The fraction of sp³-hybridized carbons (Fsp3) is 0.960. The normalized spacial score (nSPS) is 12.6. The van der Waals surface area contributed by atoms with Crippen LogP contribution < -0.4 is 10.6 Å². The summed E-state index contributed by atoms with van der Waals surface area (Å²) in [4.78, 5) is 24.7. The average Bonchev–Trinajstić information content (AvgIpc) is 3.18. The average molecular weight is 777 g/mol. The van der Waals surface area contributed by atoms with E-state index in [4.69, 9.17) is 4.74 Å². The predicted molar refractivity (Wildman–Crippen MR) is 242 cm³/mol. The maximum atomic E-state index is 12.4. The molecule has 2 amide bonds. The van der Waals surface area contributed by atoms with E-state index >= 15 is 0 Å². The molecule has 55 heavy (non-hydrogen) atoms. The molecule has 0 aromatic rings. The van der Waals surface area contributed by atoms with E-state index in [2.05, 4.69) is 24.5 Å². The zero-order valence-electron chi connectivity index (χ0n) is 38.1. The van der Waals surface area contributed by atoms with Crippen LogP contribution in [0.25, 0.3) is 0 Å². The maximum absolute atomic E-state index is 12.4. The SMILES string of the molecule is CCCCCCCCCCCCCCCCCCCCCC(=O)NCC(C)OCC(C)NC(=O)CCCCCCCCCCCCCCCCCCCCC. The lowest BCUT2D eigenvalue weighted by Gasteiger charge is -2.18. The smallest absolute Gasteiger partial charge is 0.220 e. The van der Waals surface area contributed by atoms with E-state index in [0.29, 0.717) is 26.0 Å². The number of rotatable bonds is 46. The van der Waals surface area contributed by atoms with Gasteiger partial charge in [-0.05, 0) is 26.7 Å². The molecule has 5 heteroatoms. The lowest BCUT2D eigenvalue weighted by atomic mass is 10.0. The molecule has 5 nitrogen and oxygen atoms in total. The molecule has 0 fully saturated rings. The Balaban J connectivity index is 3.43. The minimum absolute atomic E-state index is 0.0180. The molecule has 328 valence electrons. The summed E-state index contributed by atoms with van der Waals surface area (Å²) in [5.74, 6) is 0.256. The molecule has 0 aliphatic heterocycles. The van der Waals surface area contributed by atoms with E-state index in [1.807, 2.05) is 13.8 Å². The first-order valence-electron chi connectivity index (χ1n) is 25.2. The molecule has 2 N–H and O–H groups in total. The quantitative estimate of drug-likeness (QED) is 0.0605. The van der Waals surface area contributed by atoms with Crippen LogP contribution in [0.1, 0.15) is 285 Å². The second kappa shape index (κ2) is 45.6. The largest absolute Gasteiger partial charge is 0.375 e. The Morgan fingerprint density at radius 1 is 0.382 bits per heavy atom. The van der Waals surface area contributed by atoms with E-state index in [9.17, 15) is 9.59 Å². The van der Waals surface area contributed by atoms with Gasteiger partial charge in [0.05, 0.1) is 12.7 Å². The fourth-order valence-electron chi connectivity index (χ4n) is 7.83. The number of unbranched alkanes of at least 4 members (excludes halogenated alkanes) is 36. The molecule has 0 saturated carbocycles. The van der Waals surface area contributed by atoms with Gasteiger partial charge in [-0.1, -0.05) is 245 Å². The third kappa shape index (κ3) is 45.5. The van der Waals surface area contributed by atoms with Gasteiger partial charge in [-0.15, -0.1) is 0 Å². The molecule has 0 rings (SSSR count). The third-order valence-corrected chi connectivity index (χ3v) is 11.6. The van der Waals surface area contributed by atoms with Gasteiger partial charge >= 0.3 is 0 Å². The van der Waals surface area contributed by atoms with Gasteiger partial charge in [-0.2, -0.15) is 0 Å². The van der Waals surface area contributed by atoms with Crippen LogP contribution in [0.15, 0.2) is 0 Å². The van der Waals surface area contributed by atoms with Gasteiger partial charge in [0.25, 0.3) is 0 Å². The zero-order chi connectivity index (χ0) is 40.1. The first-order chi connectivity index (χ1) is 27.0. The Labute approximate surface area is 345 Å². The zero-order valence-corrected chi connectivity index (χ0v) is 38.1. The third-order valence-electron chi connectivity index (χ3n) is 11.6. The Morgan fingerprint density at radius 2 is 0.636 bits per heavy atom. The van der Waals surface area contributed by atoms with Crippen LogP contribution >= 0.6 is 0 Å². The van der Waals surface area contributed by atoms with E-state index in [0.717, 1.165) is 25.7 Å². The lowest BCUT2D eigenvalue weighted by Crippen LogP contribution is -2.38. The van der Waals surface area contributed by atoms with Gasteiger partial charge in [-0.25, -0.2) is 0 Å². The van der Waals surface area contributed by atoms with Gasteiger partial charge in [0.15, 0.2) is 0 Å². The van der Waals surface area contributed by atoms with Crippen LogP contribution in [0.2, 0.25) is 0 Å². The monoisotopic (exact) mass is 777 g/mol. The summed E-state index contributed by atoms with van der Waals surface area (Å²) in [6.45, 7) is 9.57. The standard InChI is InChI=1S/C50H100N2O3/c1-5-7-9-11-13-15-17-19-21-23-25-27-29-31-33-35-37-39-41-43-49(53)51-45-48(4)55-46-47(3)52-50(54)44-42-40-38-36-34-32-30-28-26-24-22-20-18-16-14-12-10-8-6-2/h47-48H,5-46H2,1-4H3,(H,51,53)(H,52,54). The maximum Gasteiger partial charge on any atom is 0.220 e. The molecule has 2 atom stereocenters. The van der Waals surface area contributed by atoms with Crippen LogP contribution in [-0.2, 0) is 14.3 Å². The van der Waals surface area contributed by atoms with Crippen molar-refractivity contribution in [1.82, 2.24) is 10.6 Å². The molecule has 0 bridgehead atoms. The van der Waals surface area contributed by atoms with E-state index in [1.54, 1.807) is 0 Å². The van der Waals surface area contributed by atoms with Crippen molar-refractivity contribution in [3.05, 3.63) is 0 Å². The number of nitrogens with one attached hydrogen (secondary N) is 2. The summed E-state index contributed by atoms with van der Waals surface area (Å²) in [6, 6.07) is -0.0180. The predicted octanol–water partition coefficient (Wildman–Crippen LogP) is 15.7. The molecule has 0 saturated heterocycles. The number of hydrogen-bond donors (Lipinski definition) is 2. The Kier molecular flexibility index (Phi) is 44.7. The summed E-state index contributed by atoms with van der Waals surface area (Å²) in [5, 5.41) is 6.12. The molecule has 0 heterocycles. The Bertz CT molecular complexity index is 774. The Morgan fingerprint density at radius 3 is 0.927 bits per heavy atom. The molecule has 0 radical (unpaired) electrons. The minimum atomic E-state index is -0.0619. The topological polar surface area (TPSA) is 67.4 Å². The molecule has 0 aliphatic carbocycles. The first-order valence-corrected chi connectivity index (χ1v) is 25.2. The molecule has 0 aromatic heterocycles. The van der Waals surface area contributed by atoms with Crippen molar-refractivity contribution in [2.24, 2.45) is 0 Å². The summed E-state index contributed by atoms with van der Waals surface area (Å²) >= 11 is 0. The fourth-order valence-corrected chi connectivity index (χ4v) is 7.83. The van der Waals surface area contributed by atoms with Crippen LogP contribution in [-0.4, -0.2) is 37.1 Å². The summed E-state index contributed by atoms with van der Waals surface area (Å²) in [7, 11) is 0. The summed E-state index contributed by atoms with van der Waals surface area (Å²) < 4.78 is 5.92. The molecular formula is C50H100N2O3. The first kappa shape index (κ1) is 53.9. The van der Waals surface area contributed by atoms with Crippen molar-refractivity contribution < 1.29 is 14.3 Å². The van der Waals surface area contributed by atoms with Crippen molar-refractivity contribution in [3.63, 3.8) is 0 Å². The van der Waals surface area contributed by atoms with E-state index < -0.39 is 0 Å². The highest BCUT2D eigenvalue weighted by Crippen LogP contribution is 2.17. The molecule has 0 aliphatic rings. The van der Waals surface area contributed by atoms with Crippen LogP contribution in [0, 0.1) is 0 Å². The van der Waals surface area contributed by atoms with Crippen molar-refractivity contribution in [3.8, 4) is 0 Å². The van der Waals surface area contributed by atoms with E-state index in [1.165, 1.54) is 218 Å². The summed E-state index contributed by atoms with van der Waals surface area (Å²) in [6.07, 6.45) is 53.0. The van der Waals surface area contributed by atoms with Gasteiger partial charge < -0.3 is 15.4 Å². The number of hydrogen-bond acceptors (Lipinski definition) is 3. The van der Waals surface area contributed by atoms with Crippen molar-refractivity contribution in [1.29, 1.82) is 0 Å². The highest BCUT2D eigenvalue weighted by molar-refractivity contribution is 5.76. The number of carbonyl (C=O) groups is 2. The van der Waals surface area contributed by atoms with Gasteiger partial charge in [-0.3, -0.25) is 9.59 Å². The number of ether oxygens (including phenoxy) is 1. The highest BCUT2D eigenvalue weighted by atomic mass is 16.5. The van der Waals surface area contributed by atoms with Gasteiger partial charge in [0.1, 0.15) is 0 Å². The van der Waals surface area contributed by atoms with Gasteiger partial charge in [0.2, 0.25) is 11.8 Å². The molecule has 0 aromatic carbocycles. The van der Waals surface area contributed by atoms with Crippen molar-refractivity contribution in [2.75, 3.05) is 13.2 Å². The number of carbonyl (C=O) groups excluding carboxylic acids is 2. The molecular weight excluding hydrogens is 677 g/mol. The van der Waals surface area contributed by atoms with Crippen LogP contribution in [0.3, 0.4) is 0 Å². The molecule has 0 spiro atoms. The van der Waals surface area contributed by atoms with Crippen LogP contribution in [0.4, 0.5) is 0 Å². The summed E-state index contributed by atoms with van der Waals surface area (Å²) in [5.41, 5.74) is 0. The number of amides is 2. The van der Waals surface area contributed by atoms with Crippen LogP contribution in [0.5, 0.6) is 0 Å². The minimum Gasteiger partial charge on any atom is -0.375 e. The van der Waals surface area contributed by atoms with Gasteiger partial charge in [0, 0.05) is 25.4 Å². The molecule has 2 unspecified atom stereocenters. The van der Waals surface area contributed by atoms with Crippen molar-refractivity contribution in [2.45, 2.75) is 297 Å². The second-order valence-electron chi connectivity index (χ2n) is 17.6. The van der Waals surface area contributed by atoms with Crippen molar-refractivity contribution >= 4 is 11.8 Å².